The second-order valence-corrected chi connectivity index (χ2v) is 7.29. The molecule has 1 heterocycles. The number of guanidine groups is 1. The van der Waals surface area contributed by atoms with Gasteiger partial charge in [0.1, 0.15) is 0 Å². The lowest BCUT2D eigenvalue weighted by Crippen LogP contribution is -2.39. The summed E-state index contributed by atoms with van der Waals surface area (Å²) in [6.45, 7) is 12.3. The highest BCUT2D eigenvalue weighted by molar-refractivity contribution is 5.79. The lowest BCUT2D eigenvalue weighted by Gasteiger charge is -2.28. The molecule has 2 N–H and O–H groups in total. The second-order valence-electron chi connectivity index (χ2n) is 7.29. The van der Waals surface area contributed by atoms with Crippen LogP contribution in [0.4, 0.5) is 0 Å². The van der Waals surface area contributed by atoms with Crippen molar-refractivity contribution in [2.24, 2.45) is 10.9 Å². The molecule has 0 amide bonds. The van der Waals surface area contributed by atoms with E-state index in [0.29, 0.717) is 19.1 Å². The van der Waals surface area contributed by atoms with Crippen LogP contribution in [-0.2, 0) is 6.42 Å². The van der Waals surface area contributed by atoms with Gasteiger partial charge >= 0.3 is 0 Å². The van der Waals surface area contributed by atoms with Crippen molar-refractivity contribution in [2.75, 3.05) is 53.0 Å². The number of ether oxygens (including phenoxy) is 2. The fourth-order valence-corrected chi connectivity index (χ4v) is 3.38. The smallest absolute Gasteiger partial charge is 0.191 e. The maximum absolute atomic E-state index is 5.72. The molecule has 28 heavy (non-hydrogen) atoms. The first-order valence-corrected chi connectivity index (χ1v) is 10.7. The Labute approximate surface area is 170 Å². The van der Waals surface area contributed by atoms with Crippen LogP contribution in [0, 0.1) is 5.92 Å². The molecule has 0 spiro atoms. The zero-order chi connectivity index (χ0) is 20.2. The highest BCUT2D eigenvalue weighted by atomic mass is 16.5. The number of hydrogen-bond acceptors (Lipinski definition) is 4. The number of likely N-dealkylation sites (tertiary alicyclic amines) is 1. The number of nitrogens with zero attached hydrogens (tertiary/aromatic N) is 2. The van der Waals surface area contributed by atoms with Gasteiger partial charge in [0.05, 0.1) is 13.2 Å². The van der Waals surface area contributed by atoms with Crippen LogP contribution < -0.4 is 20.1 Å². The van der Waals surface area contributed by atoms with Gasteiger partial charge in [-0.05, 0) is 83.8 Å². The van der Waals surface area contributed by atoms with E-state index in [1.165, 1.54) is 31.5 Å². The van der Waals surface area contributed by atoms with Crippen molar-refractivity contribution in [2.45, 2.75) is 40.0 Å². The Morgan fingerprint density at radius 2 is 1.79 bits per heavy atom. The minimum Gasteiger partial charge on any atom is -0.490 e. The summed E-state index contributed by atoms with van der Waals surface area (Å²) in [7, 11) is 2.20. The van der Waals surface area contributed by atoms with Crippen molar-refractivity contribution < 1.29 is 9.47 Å². The monoisotopic (exact) mass is 390 g/mol. The normalized spacial score (nSPS) is 16.1. The summed E-state index contributed by atoms with van der Waals surface area (Å²) in [5, 5.41) is 6.82. The molecule has 1 aromatic rings. The molecule has 6 nitrogen and oxygen atoms in total. The van der Waals surface area contributed by atoms with Crippen LogP contribution in [0.3, 0.4) is 0 Å². The fraction of sp³-hybridized carbons (Fsp3) is 0.682. The van der Waals surface area contributed by atoms with Gasteiger partial charge in [-0.15, -0.1) is 0 Å². The summed E-state index contributed by atoms with van der Waals surface area (Å²) in [4.78, 5) is 7.21. The molecule has 0 radical (unpaired) electrons. The van der Waals surface area contributed by atoms with Crippen LogP contribution in [0.2, 0.25) is 0 Å². The zero-order valence-corrected chi connectivity index (χ0v) is 18.1. The van der Waals surface area contributed by atoms with Crippen molar-refractivity contribution in [3.8, 4) is 11.5 Å². The predicted molar refractivity (Wildman–Crippen MR) is 117 cm³/mol. The highest BCUT2D eigenvalue weighted by Crippen LogP contribution is 2.28. The molecule has 1 aromatic carbocycles. The van der Waals surface area contributed by atoms with Gasteiger partial charge in [-0.2, -0.15) is 0 Å². The molecule has 2 rings (SSSR count). The second kappa shape index (κ2) is 12.5. The number of nitrogens with one attached hydrogen (secondary N) is 2. The Hall–Kier alpha value is -1.95. The van der Waals surface area contributed by atoms with Crippen molar-refractivity contribution in [3.05, 3.63) is 23.8 Å². The third kappa shape index (κ3) is 7.58. The number of piperidine rings is 1. The Kier molecular flexibility index (Phi) is 9.97. The average molecular weight is 391 g/mol. The van der Waals surface area contributed by atoms with E-state index in [1.807, 2.05) is 19.9 Å². The van der Waals surface area contributed by atoms with E-state index in [9.17, 15) is 0 Å². The van der Waals surface area contributed by atoms with Crippen LogP contribution in [-0.4, -0.2) is 63.8 Å². The zero-order valence-electron chi connectivity index (χ0n) is 18.1. The first kappa shape index (κ1) is 22.3. The van der Waals surface area contributed by atoms with Crippen LogP contribution in [0.1, 0.15) is 39.2 Å². The Bertz CT molecular complexity index is 598. The van der Waals surface area contributed by atoms with Crippen molar-refractivity contribution in [1.82, 2.24) is 15.5 Å². The number of aliphatic imine (C=N–C) groups is 1. The molecular formula is C22H38N4O2. The minimum atomic E-state index is 0.635. The molecule has 0 unspecified atom stereocenters. The number of benzene rings is 1. The third-order valence-corrected chi connectivity index (χ3v) is 5.00. The molecule has 0 aromatic heterocycles. The summed E-state index contributed by atoms with van der Waals surface area (Å²) in [5.41, 5.74) is 1.23. The van der Waals surface area contributed by atoms with Gasteiger partial charge in [-0.25, -0.2) is 0 Å². The predicted octanol–water partition coefficient (Wildman–Crippen LogP) is 2.92. The number of hydrogen-bond donors (Lipinski definition) is 2. The van der Waals surface area contributed by atoms with Gasteiger partial charge in [0.15, 0.2) is 17.5 Å². The van der Waals surface area contributed by atoms with Crippen LogP contribution in [0.5, 0.6) is 11.5 Å². The van der Waals surface area contributed by atoms with Crippen LogP contribution in [0.25, 0.3) is 0 Å². The highest BCUT2D eigenvalue weighted by Gasteiger charge is 2.16. The summed E-state index contributed by atoms with van der Waals surface area (Å²) in [6, 6.07) is 6.19. The quantitative estimate of drug-likeness (QED) is 0.475. The fourth-order valence-electron chi connectivity index (χ4n) is 3.38. The van der Waals surface area contributed by atoms with Gasteiger partial charge in [0, 0.05) is 19.6 Å². The van der Waals surface area contributed by atoms with E-state index in [2.05, 4.69) is 41.6 Å². The minimum absolute atomic E-state index is 0.635. The molecule has 0 saturated carbocycles. The molecule has 6 heteroatoms. The molecule has 0 aliphatic carbocycles. The number of rotatable bonds is 10. The van der Waals surface area contributed by atoms with E-state index >= 15 is 0 Å². The van der Waals surface area contributed by atoms with E-state index in [1.54, 1.807) is 0 Å². The van der Waals surface area contributed by atoms with E-state index < -0.39 is 0 Å². The van der Waals surface area contributed by atoms with Crippen molar-refractivity contribution in [1.29, 1.82) is 0 Å². The molecule has 158 valence electrons. The van der Waals surface area contributed by atoms with Gasteiger partial charge in [0.2, 0.25) is 0 Å². The topological polar surface area (TPSA) is 58.1 Å². The van der Waals surface area contributed by atoms with E-state index in [-0.39, 0.29) is 0 Å². The average Bonchev–Trinajstić information content (AvgIpc) is 2.69. The summed E-state index contributed by atoms with van der Waals surface area (Å²) in [6.07, 6.45) is 3.39. The standard InChI is InChI=1S/C22H38N4O2/c1-5-23-22(25-17-19-11-14-26(4)15-12-19)24-13-10-18-8-9-20(27-6-2)21(16-18)28-7-3/h8-9,16,19H,5-7,10-15,17H2,1-4H3,(H2,23,24,25). The first-order chi connectivity index (χ1) is 13.7. The van der Waals surface area contributed by atoms with Gasteiger partial charge in [-0.1, -0.05) is 6.07 Å². The van der Waals surface area contributed by atoms with E-state index in [4.69, 9.17) is 14.5 Å². The maximum Gasteiger partial charge on any atom is 0.191 e. The molecule has 1 aliphatic rings. The van der Waals surface area contributed by atoms with Crippen molar-refractivity contribution in [3.63, 3.8) is 0 Å². The van der Waals surface area contributed by atoms with Gasteiger partial charge < -0.3 is 25.0 Å². The van der Waals surface area contributed by atoms with E-state index in [0.717, 1.165) is 43.5 Å². The van der Waals surface area contributed by atoms with Gasteiger partial charge in [-0.3, -0.25) is 4.99 Å². The first-order valence-electron chi connectivity index (χ1n) is 10.7. The molecule has 1 saturated heterocycles. The lowest BCUT2D eigenvalue weighted by molar-refractivity contribution is 0.223. The SMILES string of the molecule is CCNC(=NCC1CCN(C)CC1)NCCc1ccc(OCC)c(OCC)c1. The molecule has 0 bridgehead atoms. The molecular weight excluding hydrogens is 352 g/mol. The summed E-state index contributed by atoms with van der Waals surface area (Å²) >= 11 is 0. The Morgan fingerprint density at radius 3 is 2.46 bits per heavy atom. The van der Waals surface area contributed by atoms with Crippen molar-refractivity contribution >= 4 is 5.96 Å². The lowest BCUT2D eigenvalue weighted by atomic mass is 9.97. The third-order valence-electron chi connectivity index (χ3n) is 5.00. The summed E-state index contributed by atoms with van der Waals surface area (Å²) in [5.74, 6) is 3.25. The van der Waals surface area contributed by atoms with Gasteiger partial charge in [0.25, 0.3) is 0 Å². The Morgan fingerprint density at radius 1 is 1.07 bits per heavy atom. The molecule has 0 atom stereocenters. The largest absolute Gasteiger partial charge is 0.490 e. The maximum atomic E-state index is 5.72. The molecule has 1 aliphatic heterocycles. The Balaban J connectivity index is 1.86. The summed E-state index contributed by atoms with van der Waals surface area (Å²) < 4.78 is 11.4. The molecule has 1 fully saturated rings. The van der Waals surface area contributed by atoms with Crippen LogP contribution >= 0.6 is 0 Å². The van der Waals surface area contributed by atoms with Crippen LogP contribution in [0.15, 0.2) is 23.2 Å².